The number of thioether (sulfide) groups is 1. The molecule has 4 rings (SSSR count). The minimum Gasteiger partial charge on any atom is -0.497 e. The summed E-state index contributed by atoms with van der Waals surface area (Å²) >= 11 is 1.40. The van der Waals surface area contributed by atoms with Gasteiger partial charge in [0.05, 0.1) is 17.7 Å². The van der Waals surface area contributed by atoms with Gasteiger partial charge in [0.2, 0.25) is 0 Å². The first-order valence-corrected chi connectivity index (χ1v) is 9.24. The maximum Gasteiger partial charge on any atom is 0.262 e. The maximum absolute atomic E-state index is 12.4. The summed E-state index contributed by atoms with van der Waals surface area (Å²) in [6.45, 7) is 0. The molecule has 1 heterocycles. The van der Waals surface area contributed by atoms with E-state index in [-0.39, 0.29) is 11.8 Å². The van der Waals surface area contributed by atoms with Crippen molar-refractivity contribution in [1.29, 1.82) is 0 Å². The van der Waals surface area contributed by atoms with Gasteiger partial charge in [-0.05, 0) is 54.8 Å². The standard InChI is InChI=1S/C20H18N2O3S/c1-25-15-7-2-12(3-8-15)10-18-20(24)22-16-11-13(4-9-17(16)26-18)19(23)21-14-5-6-14/h2-4,7-11,14H,5-6H2,1H3,(H,21,23)(H,22,24). The molecule has 1 fully saturated rings. The third kappa shape index (κ3) is 3.60. The van der Waals surface area contributed by atoms with Gasteiger partial charge in [-0.25, -0.2) is 0 Å². The van der Waals surface area contributed by atoms with E-state index in [4.69, 9.17) is 4.74 Å². The molecule has 1 saturated carbocycles. The Labute approximate surface area is 155 Å². The summed E-state index contributed by atoms with van der Waals surface area (Å²) in [6.07, 6.45) is 3.93. The van der Waals surface area contributed by atoms with Crippen molar-refractivity contribution in [2.45, 2.75) is 23.8 Å². The normalized spacial score (nSPS) is 17.4. The Hall–Kier alpha value is -2.73. The fraction of sp³-hybridized carbons (Fsp3) is 0.200. The van der Waals surface area contributed by atoms with Crippen LogP contribution in [0.3, 0.4) is 0 Å². The van der Waals surface area contributed by atoms with Gasteiger partial charge in [0.25, 0.3) is 11.8 Å². The van der Waals surface area contributed by atoms with Crippen LogP contribution in [-0.4, -0.2) is 25.0 Å². The molecule has 0 unspecified atom stereocenters. The number of anilines is 1. The molecule has 0 bridgehead atoms. The predicted molar refractivity (Wildman–Crippen MR) is 102 cm³/mol. The molecular formula is C20H18N2O3S. The molecule has 1 aliphatic carbocycles. The predicted octanol–water partition coefficient (Wildman–Crippen LogP) is 3.67. The second-order valence-electron chi connectivity index (χ2n) is 6.30. The Balaban J connectivity index is 1.54. The van der Waals surface area contributed by atoms with Crippen LogP contribution in [-0.2, 0) is 4.79 Å². The molecule has 5 nitrogen and oxygen atoms in total. The van der Waals surface area contributed by atoms with Crippen LogP contribution in [0.4, 0.5) is 5.69 Å². The zero-order valence-corrected chi connectivity index (χ0v) is 15.1. The molecule has 0 spiro atoms. The lowest BCUT2D eigenvalue weighted by molar-refractivity contribution is -0.112. The van der Waals surface area contributed by atoms with Crippen molar-refractivity contribution in [3.63, 3.8) is 0 Å². The van der Waals surface area contributed by atoms with Gasteiger partial charge in [-0.15, -0.1) is 0 Å². The summed E-state index contributed by atoms with van der Waals surface area (Å²) < 4.78 is 5.15. The number of nitrogens with one attached hydrogen (secondary N) is 2. The average Bonchev–Trinajstić information content (AvgIpc) is 3.46. The van der Waals surface area contributed by atoms with Gasteiger partial charge in [-0.3, -0.25) is 9.59 Å². The Morgan fingerprint density at radius 3 is 2.69 bits per heavy atom. The Kier molecular flexibility index (Phi) is 4.42. The number of benzene rings is 2. The molecule has 132 valence electrons. The Morgan fingerprint density at radius 2 is 2.00 bits per heavy atom. The van der Waals surface area contributed by atoms with E-state index in [1.54, 1.807) is 19.2 Å². The second-order valence-corrected chi connectivity index (χ2v) is 7.38. The van der Waals surface area contributed by atoms with Crippen molar-refractivity contribution in [3.8, 4) is 5.75 Å². The van der Waals surface area contributed by atoms with Gasteiger partial charge < -0.3 is 15.4 Å². The van der Waals surface area contributed by atoms with Gasteiger partial charge in [0.1, 0.15) is 5.75 Å². The van der Waals surface area contributed by atoms with E-state index in [0.717, 1.165) is 29.1 Å². The van der Waals surface area contributed by atoms with E-state index in [1.807, 2.05) is 36.4 Å². The van der Waals surface area contributed by atoms with E-state index < -0.39 is 0 Å². The van der Waals surface area contributed by atoms with Crippen molar-refractivity contribution >= 4 is 35.3 Å². The number of methoxy groups -OCH3 is 1. The molecule has 2 aromatic carbocycles. The van der Waals surface area contributed by atoms with Crippen molar-refractivity contribution in [2.75, 3.05) is 12.4 Å². The van der Waals surface area contributed by atoms with Crippen LogP contribution in [0.25, 0.3) is 6.08 Å². The molecule has 2 N–H and O–H groups in total. The molecule has 0 radical (unpaired) electrons. The molecule has 0 aromatic heterocycles. The van der Waals surface area contributed by atoms with E-state index in [9.17, 15) is 9.59 Å². The average molecular weight is 366 g/mol. The number of carbonyl (C=O) groups is 2. The minimum atomic E-state index is -0.168. The van der Waals surface area contributed by atoms with Gasteiger partial charge in [0, 0.05) is 16.5 Å². The van der Waals surface area contributed by atoms with Crippen LogP contribution in [0, 0.1) is 0 Å². The van der Waals surface area contributed by atoms with Crippen LogP contribution in [0.2, 0.25) is 0 Å². The fourth-order valence-corrected chi connectivity index (χ4v) is 3.58. The summed E-state index contributed by atoms with van der Waals surface area (Å²) in [4.78, 5) is 26.1. The van der Waals surface area contributed by atoms with Gasteiger partial charge in [0.15, 0.2) is 0 Å². The van der Waals surface area contributed by atoms with Crippen LogP contribution in [0.5, 0.6) is 5.75 Å². The van der Waals surface area contributed by atoms with E-state index >= 15 is 0 Å². The minimum absolute atomic E-state index is 0.0888. The van der Waals surface area contributed by atoms with Crippen molar-refractivity contribution in [2.24, 2.45) is 0 Å². The van der Waals surface area contributed by atoms with Crippen molar-refractivity contribution < 1.29 is 14.3 Å². The fourth-order valence-electron chi connectivity index (χ4n) is 2.65. The summed E-state index contributed by atoms with van der Waals surface area (Å²) in [5.41, 5.74) is 2.17. The second kappa shape index (κ2) is 6.88. The highest BCUT2D eigenvalue weighted by atomic mass is 32.2. The zero-order chi connectivity index (χ0) is 18.1. The molecular weight excluding hydrogens is 348 g/mol. The lowest BCUT2D eigenvalue weighted by atomic mass is 10.1. The smallest absolute Gasteiger partial charge is 0.262 e. The molecule has 2 aromatic rings. The number of hydrogen-bond acceptors (Lipinski definition) is 4. The molecule has 1 aliphatic heterocycles. The maximum atomic E-state index is 12.4. The van der Waals surface area contributed by atoms with Crippen molar-refractivity contribution in [1.82, 2.24) is 5.32 Å². The largest absolute Gasteiger partial charge is 0.497 e. The van der Waals surface area contributed by atoms with Crippen LogP contribution < -0.4 is 15.4 Å². The quantitative estimate of drug-likeness (QED) is 0.810. The zero-order valence-electron chi connectivity index (χ0n) is 14.2. The highest BCUT2D eigenvalue weighted by molar-refractivity contribution is 8.04. The number of amides is 2. The first kappa shape index (κ1) is 16.7. The first-order chi connectivity index (χ1) is 12.6. The van der Waals surface area contributed by atoms with Crippen molar-refractivity contribution in [3.05, 3.63) is 58.5 Å². The third-order valence-electron chi connectivity index (χ3n) is 4.26. The molecule has 6 heteroatoms. The molecule has 0 atom stereocenters. The third-order valence-corrected chi connectivity index (χ3v) is 5.36. The van der Waals surface area contributed by atoms with Crippen LogP contribution in [0.15, 0.2) is 52.3 Å². The summed E-state index contributed by atoms with van der Waals surface area (Å²) in [5, 5.41) is 5.84. The molecule has 0 saturated heterocycles. The number of rotatable bonds is 4. The number of carbonyl (C=O) groups excluding carboxylic acids is 2. The number of ether oxygens (including phenoxy) is 1. The van der Waals surface area contributed by atoms with E-state index in [1.165, 1.54) is 11.8 Å². The first-order valence-electron chi connectivity index (χ1n) is 8.42. The van der Waals surface area contributed by atoms with Gasteiger partial charge in [-0.1, -0.05) is 23.9 Å². The van der Waals surface area contributed by atoms with E-state index in [2.05, 4.69) is 10.6 Å². The van der Waals surface area contributed by atoms with Crippen LogP contribution >= 0.6 is 11.8 Å². The lowest BCUT2D eigenvalue weighted by Gasteiger charge is -2.19. The highest BCUT2D eigenvalue weighted by Gasteiger charge is 2.25. The topological polar surface area (TPSA) is 67.4 Å². The lowest BCUT2D eigenvalue weighted by Crippen LogP contribution is -2.26. The Bertz CT molecular complexity index is 902. The molecule has 2 amide bonds. The molecule has 26 heavy (non-hydrogen) atoms. The highest BCUT2D eigenvalue weighted by Crippen LogP contribution is 2.39. The monoisotopic (exact) mass is 366 g/mol. The summed E-state index contributed by atoms with van der Waals surface area (Å²) in [6, 6.07) is 13.2. The van der Waals surface area contributed by atoms with E-state index in [0.29, 0.717) is 22.2 Å². The summed E-state index contributed by atoms with van der Waals surface area (Å²) in [7, 11) is 1.62. The number of fused-ring (bicyclic) bond motifs is 1. The van der Waals surface area contributed by atoms with Gasteiger partial charge in [-0.2, -0.15) is 0 Å². The SMILES string of the molecule is COc1ccc(C=C2Sc3ccc(C(=O)NC4CC4)cc3NC2=O)cc1. The Morgan fingerprint density at radius 1 is 1.23 bits per heavy atom. The summed E-state index contributed by atoms with van der Waals surface area (Å²) in [5.74, 6) is 0.516. The number of hydrogen-bond donors (Lipinski definition) is 2. The van der Waals surface area contributed by atoms with Crippen LogP contribution in [0.1, 0.15) is 28.8 Å². The van der Waals surface area contributed by atoms with Gasteiger partial charge >= 0.3 is 0 Å². The molecule has 2 aliphatic rings.